The van der Waals surface area contributed by atoms with Crippen LogP contribution in [0.3, 0.4) is 0 Å². The van der Waals surface area contributed by atoms with Crippen molar-refractivity contribution in [3.63, 3.8) is 0 Å². The summed E-state index contributed by atoms with van der Waals surface area (Å²) in [7, 11) is 0. The van der Waals surface area contributed by atoms with Gasteiger partial charge in [0.05, 0.1) is 0 Å². The summed E-state index contributed by atoms with van der Waals surface area (Å²) in [4.78, 5) is 4.13. The fourth-order valence-corrected chi connectivity index (χ4v) is 2.71. The van der Waals surface area contributed by atoms with E-state index >= 15 is 0 Å². The number of hydrogen-bond donors (Lipinski definition) is 1. The maximum atomic E-state index is 6.15. The molecule has 3 nitrogen and oxygen atoms in total. The highest BCUT2D eigenvalue weighted by molar-refractivity contribution is 6.30. The van der Waals surface area contributed by atoms with Gasteiger partial charge in [0.15, 0.2) is 0 Å². The van der Waals surface area contributed by atoms with E-state index in [1.165, 1.54) is 5.56 Å². The van der Waals surface area contributed by atoms with Gasteiger partial charge < -0.3 is 10.1 Å². The highest BCUT2D eigenvalue weighted by atomic mass is 35.5. The molecule has 2 aromatic carbocycles. The first-order chi connectivity index (χ1) is 12.2. The summed E-state index contributed by atoms with van der Waals surface area (Å²) in [5.41, 5.74) is 4.58. The van der Waals surface area contributed by atoms with Gasteiger partial charge in [-0.3, -0.25) is 4.98 Å². The average molecular weight is 353 g/mol. The van der Waals surface area contributed by atoms with Crippen molar-refractivity contribution in [1.29, 1.82) is 0 Å². The molecule has 1 aromatic heterocycles. The fraction of sp³-hybridized carbons (Fsp3) is 0.190. The predicted molar refractivity (Wildman–Crippen MR) is 102 cm³/mol. The van der Waals surface area contributed by atoms with Crippen LogP contribution in [-0.4, -0.2) is 4.98 Å². The van der Waals surface area contributed by atoms with Crippen LogP contribution in [0.2, 0.25) is 5.02 Å². The van der Waals surface area contributed by atoms with Crippen molar-refractivity contribution in [2.45, 2.75) is 26.6 Å². The summed E-state index contributed by atoms with van der Waals surface area (Å²) in [5.74, 6) is 0.851. The van der Waals surface area contributed by atoms with Crippen molar-refractivity contribution in [3.05, 3.63) is 94.3 Å². The third-order valence-corrected chi connectivity index (χ3v) is 4.14. The first kappa shape index (κ1) is 17.5. The minimum atomic E-state index is 0.539. The van der Waals surface area contributed by atoms with E-state index in [2.05, 4.69) is 41.5 Å². The Morgan fingerprint density at radius 2 is 1.84 bits per heavy atom. The molecule has 0 radical (unpaired) electrons. The Labute approximate surface area is 153 Å². The molecule has 3 aromatic rings. The molecule has 1 heterocycles. The number of ether oxygens (including phenoxy) is 1. The zero-order valence-electron chi connectivity index (χ0n) is 14.2. The molecular formula is C21H21ClN2O. The molecule has 0 aliphatic carbocycles. The van der Waals surface area contributed by atoms with Crippen molar-refractivity contribution < 1.29 is 4.74 Å². The summed E-state index contributed by atoms with van der Waals surface area (Å²) in [6.07, 6.45) is 3.64. The molecule has 0 saturated carbocycles. The molecule has 0 aliphatic heterocycles. The lowest BCUT2D eigenvalue weighted by Crippen LogP contribution is -2.13. The lowest BCUT2D eigenvalue weighted by molar-refractivity contribution is 0.302. The lowest BCUT2D eigenvalue weighted by atomic mass is 10.1. The number of aromatic nitrogens is 1. The van der Waals surface area contributed by atoms with Crippen molar-refractivity contribution in [3.8, 4) is 5.75 Å². The van der Waals surface area contributed by atoms with Crippen LogP contribution >= 0.6 is 11.6 Å². The highest BCUT2D eigenvalue weighted by Gasteiger charge is 2.06. The Morgan fingerprint density at radius 3 is 2.60 bits per heavy atom. The smallest absolute Gasteiger partial charge is 0.124 e. The van der Waals surface area contributed by atoms with Crippen molar-refractivity contribution in [2.24, 2.45) is 0 Å². The Kier molecular flexibility index (Phi) is 6.04. The van der Waals surface area contributed by atoms with Gasteiger partial charge in [-0.05, 0) is 42.3 Å². The molecule has 0 saturated heterocycles. The van der Waals surface area contributed by atoms with Gasteiger partial charge in [-0.2, -0.15) is 0 Å². The fourth-order valence-electron chi connectivity index (χ4n) is 2.52. The Bertz CT molecular complexity index is 804. The topological polar surface area (TPSA) is 34.1 Å². The lowest BCUT2D eigenvalue weighted by Gasteiger charge is -2.13. The van der Waals surface area contributed by atoms with Crippen LogP contribution in [0.1, 0.15) is 22.3 Å². The maximum absolute atomic E-state index is 6.15. The molecule has 0 atom stereocenters. The van der Waals surface area contributed by atoms with Gasteiger partial charge in [-0.25, -0.2) is 0 Å². The minimum absolute atomic E-state index is 0.539. The summed E-state index contributed by atoms with van der Waals surface area (Å²) in [6, 6.07) is 18.1. The van der Waals surface area contributed by atoms with Crippen LogP contribution in [0.4, 0.5) is 0 Å². The molecule has 4 heteroatoms. The minimum Gasteiger partial charge on any atom is -0.489 e. The maximum Gasteiger partial charge on any atom is 0.124 e. The van der Waals surface area contributed by atoms with E-state index in [1.54, 1.807) is 6.20 Å². The van der Waals surface area contributed by atoms with Crippen LogP contribution in [0.15, 0.2) is 67.0 Å². The number of halogens is 1. The monoisotopic (exact) mass is 352 g/mol. The molecule has 0 amide bonds. The Morgan fingerprint density at radius 1 is 1.00 bits per heavy atom. The predicted octanol–water partition coefficient (Wildman–Crippen LogP) is 4.91. The molecule has 3 rings (SSSR count). The van der Waals surface area contributed by atoms with Gasteiger partial charge in [0.2, 0.25) is 0 Å². The number of benzene rings is 2. The van der Waals surface area contributed by atoms with Gasteiger partial charge in [-0.15, -0.1) is 0 Å². The van der Waals surface area contributed by atoms with E-state index < -0.39 is 0 Å². The number of hydrogen-bond acceptors (Lipinski definition) is 3. The van der Waals surface area contributed by atoms with Gasteiger partial charge in [0.1, 0.15) is 12.4 Å². The summed E-state index contributed by atoms with van der Waals surface area (Å²) in [5, 5.41) is 4.12. The quantitative estimate of drug-likeness (QED) is 0.655. The zero-order chi connectivity index (χ0) is 17.5. The van der Waals surface area contributed by atoms with Gasteiger partial charge in [-0.1, -0.05) is 47.5 Å². The molecule has 0 unspecified atom stereocenters. The third kappa shape index (κ3) is 5.31. The zero-order valence-corrected chi connectivity index (χ0v) is 15.0. The first-order valence-corrected chi connectivity index (χ1v) is 8.65. The van der Waals surface area contributed by atoms with Crippen LogP contribution < -0.4 is 10.1 Å². The average Bonchev–Trinajstić information content (AvgIpc) is 2.63. The highest BCUT2D eigenvalue weighted by Crippen LogP contribution is 2.24. The van der Waals surface area contributed by atoms with Crippen molar-refractivity contribution in [2.75, 3.05) is 0 Å². The van der Waals surface area contributed by atoms with Gasteiger partial charge in [0, 0.05) is 36.1 Å². The molecule has 25 heavy (non-hydrogen) atoms. The molecule has 0 bridgehead atoms. The standard InChI is InChI=1S/C21H21ClN2O/c1-16-4-6-17(7-5-16)15-25-21-9-8-20(22)11-19(21)14-24-13-18-3-2-10-23-12-18/h2-12,24H,13-15H2,1H3. The second-order valence-electron chi connectivity index (χ2n) is 5.99. The molecule has 0 fully saturated rings. The number of pyridine rings is 1. The van der Waals surface area contributed by atoms with Gasteiger partial charge >= 0.3 is 0 Å². The van der Waals surface area contributed by atoms with E-state index in [0.717, 1.165) is 29.0 Å². The van der Waals surface area contributed by atoms with Crippen LogP contribution in [-0.2, 0) is 19.7 Å². The molecule has 0 spiro atoms. The molecule has 128 valence electrons. The van der Waals surface area contributed by atoms with Crippen molar-refractivity contribution >= 4 is 11.6 Å². The first-order valence-electron chi connectivity index (χ1n) is 8.27. The summed E-state index contributed by atoms with van der Waals surface area (Å²) >= 11 is 6.15. The number of rotatable bonds is 7. The van der Waals surface area contributed by atoms with Crippen LogP contribution in [0, 0.1) is 6.92 Å². The third-order valence-electron chi connectivity index (χ3n) is 3.90. The number of nitrogens with zero attached hydrogens (tertiary/aromatic N) is 1. The van der Waals surface area contributed by atoms with E-state index in [9.17, 15) is 0 Å². The second-order valence-corrected chi connectivity index (χ2v) is 6.43. The van der Waals surface area contributed by atoms with Crippen LogP contribution in [0.5, 0.6) is 5.75 Å². The van der Waals surface area contributed by atoms with E-state index in [1.807, 2.05) is 36.5 Å². The summed E-state index contributed by atoms with van der Waals surface area (Å²) < 4.78 is 6.01. The van der Waals surface area contributed by atoms with E-state index in [4.69, 9.17) is 16.3 Å². The normalized spacial score (nSPS) is 10.6. The second kappa shape index (κ2) is 8.65. The summed E-state index contributed by atoms with van der Waals surface area (Å²) in [6.45, 7) is 4.05. The largest absolute Gasteiger partial charge is 0.489 e. The van der Waals surface area contributed by atoms with E-state index in [0.29, 0.717) is 18.2 Å². The van der Waals surface area contributed by atoms with Crippen LogP contribution in [0.25, 0.3) is 0 Å². The Hall–Kier alpha value is -2.36. The van der Waals surface area contributed by atoms with Gasteiger partial charge in [0.25, 0.3) is 0 Å². The number of nitrogens with one attached hydrogen (secondary N) is 1. The van der Waals surface area contributed by atoms with E-state index in [-0.39, 0.29) is 0 Å². The SMILES string of the molecule is Cc1ccc(COc2ccc(Cl)cc2CNCc2cccnc2)cc1. The molecule has 1 N–H and O–H groups in total. The van der Waals surface area contributed by atoms with Crippen molar-refractivity contribution in [1.82, 2.24) is 10.3 Å². The number of aryl methyl sites for hydroxylation is 1. The molecule has 0 aliphatic rings. The molecular weight excluding hydrogens is 332 g/mol. The Balaban J connectivity index is 1.62.